The van der Waals surface area contributed by atoms with Crippen molar-refractivity contribution in [2.45, 2.75) is 12.5 Å². The van der Waals surface area contributed by atoms with Crippen LogP contribution in [0.25, 0.3) is 0 Å². The van der Waals surface area contributed by atoms with Crippen molar-refractivity contribution in [1.82, 2.24) is 5.32 Å². The zero-order valence-electron chi connectivity index (χ0n) is 11.8. The monoisotopic (exact) mass is 327 g/mol. The summed E-state index contributed by atoms with van der Waals surface area (Å²) >= 11 is 12.4. The number of benzene rings is 2. The Morgan fingerprint density at radius 3 is 2.38 bits per heavy atom. The van der Waals surface area contributed by atoms with Crippen molar-refractivity contribution in [3.8, 4) is 5.75 Å². The van der Waals surface area contributed by atoms with Gasteiger partial charge in [0.15, 0.2) is 11.6 Å². The summed E-state index contributed by atoms with van der Waals surface area (Å²) in [5.74, 6) is -0.162. The molecule has 1 atom stereocenters. The molecule has 1 N–H and O–H groups in total. The van der Waals surface area contributed by atoms with Crippen LogP contribution in [0.1, 0.15) is 17.2 Å². The summed E-state index contributed by atoms with van der Waals surface area (Å²) < 4.78 is 18.8. The van der Waals surface area contributed by atoms with E-state index < -0.39 is 0 Å². The molecule has 0 spiro atoms. The van der Waals surface area contributed by atoms with Gasteiger partial charge in [-0.2, -0.15) is 0 Å². The Balaban J connectivity index is 2.30. The number of hydrogen-bond donors (Lipinski definition) is 1. The number of likely N-dealkylation sites (N-methyl/N-ethyl adjacent to an activating group) is 1. The van der Waals surface area contributed by atoms with Gasteiger partial charge in [-0.15, -0.1) is 0 Å². The minimum absolute atomic E-state index is 0.0946. The Hall–Kier alpha value is -1.29. The lowest BCUT2D eigenvalue weighted by atomic mass is 9.98. The van der Waals surface area contributed by atoms with Crippen LogP contribution in [0.5, 0.6) is 5.75 Å². The Bertz CT molecular complexity index is 613. The van der Waals surface area contributed by atoms with Crippen LogP contribution in [-0.4, -0.2) is 14.2 Å². The molecule has 0 saturated carbocycles. The third-order valence-electron chi connectivity index (χ3n) is 3.40. The lowest BCUT2D eigenvalue weighted by molar-refractivity contribution is 0.385. The second-order valence-electron chi connectivity index (χ2n) is 4.64. The summed E-state index contributed by atoms with van der Waals surface area (Å²) in [6.07, 6.45) is 0.570. The van der Waals surface area contributed by atoms with Gasteiger partial charge in [0.2, 0.25) is 0 Å². The Morgan fingerprint density at radius 1 is 1.19 bits per heavy atom. The minimum atomic E-state index is -0.388. The first-order chi connectivity index (χ1) is 10.1. The van der Waals surface area contributed by atoms with Gasteiger partial charge in [0.1, 0.15) is 0 Å². The fourth-order valence-electron chi connectivity index (χ4n) is 2.22. The quantitative estimate of drug-likeness (QED) is 0.863. The van der Waals surface area contributed by atoms with Gasteiger partial charge in [0.25, 0.3) is 0 Å². The highest BCUT2D eigenvalue weighted by Crippen LogP contribution is 2.30. The maximum absolute atomic E-state index is 13.8. The second-order valence-corrected chi connectivity index (χ2v) is 5.45. The normalized spacial score (nSPS) is 12.2. The van der Waals surface area contributed by atoms with Gasteiger partial charge in [-0.05, 0) is 48.9 Å². The molecule has 2 nitrogen and oxygen atoms in total. The fraction of sp³-hybridized carbons (Fsp3) is 0.250. The first-order valence-electron chi connectivity index (χ1n) is 6.50. The average Bonchev–Trinajstić information content (AvgIpc) is 2.47. The van der Waals surface area contributed by atoms with Gasteiger partial charge < -0.3 is 10.1 Å². The lowest BCUT2D eigenvalue weighted by Gasteiger charge is -2.19. The molecule has 0 aliphatic carbocycles. The number of methoxy groups -OCH3 is 1. The molecule has 0 amide bonds. The van der Waals surface area contributed by atoms with Crippen LogP contribution in [0.4, 0.5) is 4.39 Å². The molecule has 1 unspecified atom stereocenters. The van der Waals surface area contributed by atoms with Crippen molar-refractivity contribution in [3.05, 3.63) is 63.4 Å². The summed E-state index contributed by atoms with van der Waals surface area (Å²) in [5, 5.41) is 4.38. The van der Waals surface area contributed by atoms with Crippen molar-refractivity contribution < 1.29 is 9.13 Å². The summed E-state index contributed by atoms with van der Waals surface area (Å²) in [6.45, 7) is 0. The molecule has 21 heavy (non-hydrogen) atoms. The van der Waals surface area contributed by atoms with Gasteiger partial charge in [0.05, 0.1) is 7.11 Å². The van der Waals surface area contributed by atoms with E-state index in [1.54, 1.807) is 24.3 Å². The molecule has 0 bridgehead atoms. The maximum Gasteiger partial charge on any atom is 0.165 e. The molecule has 112 valence electrons. The zero-order valence-corrected chi connectivity index (χ0v) is 13.3. The van der Waals surface area contributed by atoms with E-state index in [0.717, 1.165) is 11.1 Å². The van der Waals surface area contributed by atoms with Gasteiger partial charge >= 0.3 is 0 Å². The first-order valence-corrected chi connectivity index (χ1v) is 7.26. The summed E-state index contributed by atoms with van der Waals surface area (Å²) in [6, 6.07) is 10.2. The third-order valence-corrected chi connectivity index (χ3v) is 4.10. The molecule has 2 rings (SSSR count). The van der Waals surface area contributed by atoms with Gasteiger partial charge in [0, 0.05) is 16.1 Å². The van der Waals surface area contributed by atoms with Crippen molar-refractivity contribution in [3.63, 3.8) is 0 Å². The number of nitrogens with one attached hydrogen (secondary N) is 1. The van der Waals surface area contributed by atoms with Crippen LogP contribution in [0, 0.1) is 5.82 Å². The largest absolute Gasteiger partial charge is 0.494 e. The smallest absolute Gasteiger partial charge is 0.165 e. The minimum Gasteiger partial charge on any atom is -0.494 e. The van der Waals surface area contributed by atoms with Crippen molar-refractivity contribution in [2.24, 2.45) is 0 Å². The maximum atomic E-state index is 13.8. The highest BCUT2D eigenvalue weighted by molar-refractivity contribution is 6.36. The van der Waals surface area contributed by atoms with Crippen molar-refractivity contribution in [1.29, 1.82) is 0 Å². The molecule has 0 aliphatic rings. The van der Waals surface area contributed by atoms with E-state index in [1.807, 2.05) is 13.1 Å². The van der Waals surface area contributed by atoms with Crippen LogP contribution in [0.15, 0.2) is 36.4 Å². The van der Waals surface area contributed by atoms with Crippen molar-refractivity contribution in [2.75, 3.05) is 14.2 Å². The molecule has 0 saturated heterocycles. The Morgan fingerprint density at radius 2 is 1.86 bits per heavy atom. The van der Waals surface area contributed by atoms with E-state index in [1.165, 1.54) is 13.2 Å². The molecular formula is C16H16Cl2FNO. The molecule has 5 heteroatoms. The fourth-order valence-corrected chi connectivity index (χ4v) is 2.77. The first kappa shape index (κ1) is 16.1. The SMILES string of the molecule is CNC(Cc1c(Cl)cccc1Cl)c1ccc(OC)c(F)c1. The number of hydrogen-bond acceptors (Lipinski definition) is 2. The Labute approximate surface area is 133 Å². The van der Waals surface area contributed by atoms with E-state index in [0.29, 0.717) is 16.5 Å². The highest BCUT2D eigenvalue weighted by atomic mass is 35.5. The van der Waals surface area contributed by atoms with E-state index in [9.17, 15) is 4.39 Å². The number of ether oxygens (including phenoxy) is 1. The predicted molar refractivity (Wildman–Crippen MR) is 84.9 cm³/mol. The van der Waals surface area contributed by atoms with Crippen LogP contribution >= 0.6 is 23.2 Å². The molecule has 0 aromatic heterocycles. The van der Waals surface area contributed by atoms with Crippen LogP contribution < -0.4 is 10.1 Å². The second kappa shape index (κ2) is 7.12. The Kier molecular flexibility index (Phi) is 5.45. The van der Waals surface area contributed by atoms with E-state index >= 15 is 0 Å². The number of halogens is 3. The van der Waals surface area contributed by atoms with Gasteiger partial charge in [-0.3, -0.25) is 0 Å². The molecule has 2 aromatic carbocycles. The van der Waals surface area contributed by atoms with Gasteiger partial charge in [-0.25, -0.2) is 4.39 Å². The van der Waals surface area contributed by atoms with Crippen LogP contribution in [-0.2, 0) is 6.42 Å². The average molecular weight is 328 g/mol. The lowest BCUT2D eigenvalue weighted by Crippen LogP contribution is -2.19. The molecule has 0 aliphatic heterocycles. The molecule has 0 radical (unpaired) electrons. The summed E-state index contributed by atoms with van der Waals surface area (Å²) in [5.41, 5.74) is 1.66. The van der Waals surface area contributed by atoms with Gasteiger partial charge in [-0.1, -0.05) is 35.3 Å². The van der Waals surface area contributed by atoms with Crippen LogP contribution in [0.2, 0.25) is 10.0 Å². The molecule has 0 fully saturated rings. The summed E-state index contributed by atoms with van der Waals surface area (Å²) in [4.78, 5) is 0. The number of rotatable bonds is 5. The summed E-state index contributed by atoms with van der Waals surface area (Å²) in [7, 11) is 3.26. The standard InChI is InChI=1S/C16H16Cl2FNO/c1-20-15(9-11-12(17)4-3-5-13(11)18)10-6-7-16(21-2)14(19)8-10/h3-8,15,20H,9H2,1-2H3. The third kappa shape index (κ3) is 3.67. The zero-order chi connectivity index (χ0) is 15.4. The van der Waals surface area contributed by atoms with E-state index in [-0.39, 0.29) is 17.6 Å². The van der Waals surface area contributed by atoms with E-state index in [4.69, 9.17) is 27.9 Å². The molecular weight excluding hydrogens is 312 g/mol. The molecule has 0 heterocycles. The van der Waals surface area contributed by atoms with Crippen LogP contribution in [0.3, 0.4) is 0 Å². The van der Waals surface area contributed by atoms with E-state index in [2.05, 4.69) is 5.32 Å². The molecule has 2 aromatic rings. The van der Waals surface area contributed by atoms with Crippen molar-refractivity contribution >= 4 is 23.2 Å². The topological polar surface area (TPSA) is 21.3 Å². The highest BCUT2D eigenvalue weighted by Gasteiger charge is 2.16. The predicted octanol–water partition coefficient (Wildman–Crippen LogP) is 4.64.